The zero-order chi connectivity index (χ0) is 14.7. The maximum atomic E-state index is 3.71. The van der Waals surface area contributed by atoms with Crippen molar-refractivity contribution in [2.45, 2.75) is 59.0 Å². The van der Waals surface area contributed by atoms with Gasteiger partial charge in [-0.25, -0.2) is 0 Å². The molecule has 1 aromatic carbocycles. The summed E-state index contributed by atoms with van der Waals surface area (Å²) in [5.41, 5.74) is 4.05. The van der Waals surface area contributed by atoms with E-state index in [2.05, 4.69) is 66.0 Å². The minimum atomic E-state index is 0.614. The van der Waals surface area contributed by atoms with Crippen molar-refractivity contribution in [3.05, 3.63) is 27.7 Å². The highest BCUT2D eigenvalue weighted by atomic mass is 79.9. The number of aryl methyl sites for hydroxylation is 2. The van der Waals surface area contributed by atoms with Crippen LogP contribution in [0.5, 0.6) is 0 Å². The topological polar surface area (TPSA) is 15.3 Å². The molecule has 0 saturated carbocycles. The highest BCUT2D eigenvalue weighted by molar-refractivity contribution is 9.10. The Morgan fingerprint density at radius 2 is 1.90 bits per heavy atom. The Morgan fingerprint density at radius 3 is 2.45 bits per heavy atom. The Bertz CT molecular complexity index is 435. The van der Waals surface area contributed by atoms with Gasteiger partial charge in [0.15, 0.2) is 0 Å². The second kappa shape index (κ2) is 6.95. The molecule has 1 fully saturated rings. The van der Waals surface area contributed by atoms with Crippen molar-refractivity contribution in [1.29, 1.82) is 0 Å². The lowest BCUT2D eigenvalue weighted by molar-refractivity contribution is 0.369. The molecule has 2 rings (SSSR count). The van der Waals surface area contributed by atoms with Gasteiger partial charge in [0.25, 0.3) is 0 Å². The lowest BCUT2D eigenvalue weighted by Gasteiger charge is -2.42. The third-order valence-electron chi connectivity index (χ3n) is 4.36. The molecule has 0 aromatic heterocycles. The average molecular weight is 339 g/mol. The molecule has 0 spiro atoms. The molecule has 1 aliphatic heterocycles. The van der Waals surface area contributed by atoms with Crippen LogP contribution in [-0.4, -0.2) is 25.2 Å². The molecule has 1 N–H and O–H groups in total. The molecule has 1 heterocycles. The summed E-state index contributed by atoms with van der Waals surface area (Å²) in [4.78, 5) is 2.61. The zero-order valence-electron chi connectivity index (χ0n) is 13.2. The molecule has 1 aromatic rings. The van der Waals surface area contributed by atoms with Gasteiger partial charge in [0.1, 0.15) is 0 Å². The molecule has 2 unspecified atom stereocenters. The van der Waals surface area contributed by atoms with E-state index >= 15 is 0 Å². The number of hydrogen-bond acceptors (Lipinski definition) is 2. The molecular formula is C17H27BrN2. The van der Waals surface area contributed by atoms with Gasteiger partial charge in [-0.1, -0.05) is 36.2 Å². The van der Waals surface area contributed by atoms with Gasteiger partial charge in [-0.15, -0.1) is 0 Å². The molecular weight excluding hydrogens is 312 g/mol. The number of hydrogen-bond donors (Lipinski definition) is 1. The zero-order valence-corrected chi connectivity index (χ0v) is 14.8. The first-order valence-electron chi connectivity index (χ1n) is 7.83. The number of nitrogens with zero attached hydrogens (tertiary/aromatic N) is 1. The number of nitrogens with one attached hydrogen (secondary N) is 1. The summed E-state index contributed by atoms with van der Waals surface area (Å²) in [6, 6.07) is 5.90. The quantitative estimate of drug-likeness (QED) is 0.873. The molecule has 0 amide bonds. The van der Waals surface area contributed by atoms with Gasteiger partial charge in [0, 0.05) is 35.3 Å². The summed E-state index contributed by atoms with van der Waals surface area (Å²) < 4.78 is 1.24. The van der Waals surface area contributed by atoms with Gasteiger partial charge in [0.05, 0.1) is 0 Å². The van der Waals surface area contributed by atoms with Crippen molar-refractivity contribution in [3.63, 3.8) is 0 Å². The van der Waals surface area contributed by atoms with Gasteiger partial charge in [0.2, 0.25) is 0 Å². The maximum Gasteiger partial charge on any atom is 0.0412 e. The lowest BCUT2D eigenvalue weighted by Crippen LogP contribution is -2.56. The van der Waals surface area contributed by atoms with Crippen LogP contribution in [0.15, 0.2) is 16.6 Å². The second-order valence-corrected chi connectivity index (χ2v) is 6.79. The van der Waals surface area contributed by atoms with E-state index in [4.69, 9.17) is 0 Å². The van der Waals surface area contributed by atoms with Gasteiger partial charge < -0.3 is 10.2 Å². The molecule has 0 radical (unpaired) electrons. The van der Waals surface area contributed by atoms with Crippen LogP contribution >= 0.6 is 15.9 Å². The second-order valence-electron chi connectivity index (χ2n) is 6.00. The van der Waals surface area contributed by atoms with Crippen LogP contribution in [0, 0.1) is 13.8 Å². The Morgan fingerprint density at radius 1 is 1.25 bits per heavy atom. The van der Waals surface area contributed by atoms with Crippen LogP contribution in [0.25, 0.3) is 0 Å². The lowest BCUT2D eigenvalue weighted by atomic mass is 10.0. The number of anilines is 1. The van der Waals surface area contributed by atoms with Crippen molar-refractivity contribution in [3.8, 4) is 0 Å². The number of halogens is 1. The van der Waals surface area contributed by atoms with Crippen molar-refractivity contribution in [2.24, 2.45) is 0 Å². The van der Waals surface area contributed by atoms with E-state index in [0.29, 0.717) is 12.1 Å². The third kappa shape index (κ3) is 3.37. The smallest absolute Gasteiger partial charge is 0.0412 e. The van der Waals surface area contributed by atoms with Gasteiger partial charge in [-0.05, 0) is 49.9 Å². The Labute approximate surface area is 132 Å². The Balaban J connectivity index is 2.26. The van der Waals surface area contributed by atoms with Crippen LogP contribution in [0.2, 0.25) is 0 Å². The molecule has 20 heavy (non-hydrogen) atoms. The van der Waals surface area contributed by atoms with Crippen molar-refractivity contribution >= 4 is 21.6 Å². The highest BCUT2D eigenvalue weighted by Crippen LogP contribution is 2.30. The van der Waals surface area contributed by atoms with Crippen LogP contribution in [0.1, 0.15) is 44.2 Å². The molecule has 2 atom stereocenters. The molecule has 2 nitrogen and oxygen atoms in total. The van der Waals surface area contributed by atoms with E-state index in [9.17, 15) is 0 Å². The standard InChI is InChI=1S/C17H27BrN2/c1-5-7-14-11-20(15(6-2)10-19-14)16-8-12(3)17(18)13(4)9-16/h8-9,14-15,19H,5-7,10-11H2,1-4H3. The summed E-state index contributed by atoms with van der Waals surface area (Å²) in [6.07, 6.45) is 3.71. The van der Waals surface area contributed by atoms with Crippen molar-refractivity contribution in [2.75, 3.05) is 18.0 Å². The van der Waals surface area contributed by atoms with E-state index in [1.54, 1.807) is 0 Å². The van der Waals surface area contributed by atoms with E-state index in [1.165, 1.54) is 40.5 Å². The number of benzene rings is 1. The van der Waals surface area contributed by atoms with Crippen LogP contribution in [-0.2, 0) is 0 Å². The van der Waals surface area contributed by atoms with E-state index < -0.39 is 0 Å². The first kappa shape index (κ1) is 15.8. The predicted octanol–water partition coefficient (Wildman–Crippen LogP) is 4.42. The minimum absolute atomic E-state index is 0.614. The number of rotatable bonds is 4. The van der Waals surface area contributed by atoms with Crippen molar-refractivity contribution in [1.82, 2.24) is 5.32 Å². The SMILES string of the molecule is CCCC1CN(c2cc(C)c(Br)c(C)c2)C(CC)CN1. The molecule has 0 bridgehead atoms. The third-order valence-corrected chi connectivity index (χ3v) is 5.61. The van der Waals surface area contributed by atoms with Gasteiger partial charge in [-0.3, -0.25) is 0 Å². The van der Waals surface area contributed by atoms with Crippen LogP contribution in [0.4, 0.5) is 5.69 Å². The maximum absolute atomic E-state index is 3.71. The fourth-order valence-corrected chi connectivity index (χ4v) is 3.40. The first-order chi connectivity index (χ1) is 9.56. The Kier molecular flexibility index (Phi) is 5.50. The predicted molar refractivity (Wildman–Crippen MR) is 91.7 cm³/mol. The van der Waals surface area contributed by atoms with Gasteiger partial charge >= 0.3 is 0 Å². The summed E-state index contributed by atoms with van der Waals surface area (Å²) in [7, 11) is 0. The number of piperazine rings is 1. The monoisotopic (exact) mass is 338 g/mol. The van der Waals surface area contributed by atoms with Crippen LogP contribution < -0.4 is 10.2 Å². The summed E-state index contributed by atoms with van der Waals surface area (Å²) >= 11 is 3.68. The normalized spacial score (nSPS) is 23.1. The molecule has 1 saturated heterocycles. The van der Waals surface area contributed by atoms with E-state index in [0.717, 1.165) is 13.1 Å². The Hall–Kier alpha value is -0.540. The largest absolute Gasteiger partial charge is 0.366 e. The first-order valence-corrected chi connectivity index (χ1v) is 8.62. The summed E-state index contributed by atoms with van der Waals surface area (Å²) in [6.45, 7) is 11.2. The van der Waals surface area contributed by atoms with E-state index in [-0.39, 0.29) is 0 Å². The van der Waals surface area contributed by atoms with Crippen molar-refractivity contribution < 1.29 is 0 Å². The summed E-state index contributed by atoms with van der Waals surface area (Å²) in [5, 5.41) is 3.71. The highest BCUT2D eigenvalue weighted by Gasteiger charge is 2.26. The average Bonchev–Trinajstić information content (AvgIpc) is 2.44. The minimum Gasteiger partial charge on any atom is -0.366 e. The van der Waals surface area contributed by atoms with E-state index in [1.807, 2.05) is 0 Å². The van der Waals surface area contributed by atoms with Crippen LogP contribution in [0.3, 0.4) is 0 Å². The summed E-state index contributed by atoms with van der Waals surface area (Å²) in [5.74, 6) is 0. The molecule has 0 aliphatic carbocycles. The molecule has 1 aliphatic rings. The molecule has 112 valence electrons. The molecule has 3 heteroatoms. The fraction of sp³-hybridized carbons (Fsp3) is 0.647. The fourth-order valence-electron chi connectivity index (χ4n) is 3.18. The van der Waals surface area contributed by atoms with Gasteiger partial charge in [-0.2, -0.15) is 0 Å².